The van der Waals surface area contributed by atoms with E-state index in [9.17, 15) is 9.59 Å². The van der Waals surface area contributed by atoms with E-state index in [0.717, 1.165) is 16.3 Å². The molecular formula is C22H19N7O4. The van der Waals surface area contributed by atoms with Crippen LogP contribution < -0.4 is 11.0 Å². The highest BCUT2D eigenvalue weighted by Crippen LogP contribution is 2.26. The van der Waals surface area contributed by atoms with Crippen LogP contribution >= 0.6 is 0 Å². The zero-order valence-electron chi connectivity index (χ0n) is 17.8. The second-order valence-corrected chi connectivity index (χ2v) is 7.32. The van der Waals surface area contributed by atoms with E-state index >= 15 is 0 Å². The molecule has 0 bridgehead atoms. The van der Waals surface area contributed by atoms with Gasteiger partial charge in [-0.25, -0.2) is 19.6 Å². The topological polar surface area (TPSA) is 129 Å². The summed E-state index contributed by atoms with van der Waals surface area (Å²) in [5, 5.41) is 9.18. The Morgan fingerprint density at radius 2 is 2.09 bits per heavy atom. The van der Waals surface area contributed by atoms with Gasteiger partial charge < -0.3 is 14.6 Å². The Bertz CT molecular complexity index is 1550. The van der Waals surface area contributed by atoms with Crippen molar-refractivity contribution in [1.29, 1.82) is 0 Å². The van der Waals surface area contributed by atoms with Crippen molar-refractivity contribution in [3.05, 3.63) is 71.1 Å². The summed E-state index contributed by atoms with van der Waals surface area (Å²) >= 11 is 0. The number of imidazole rings is 1. The summed E-state index contributed by atoms with van der Waals surface area (Å²) in [4.78, 5) is 37.2. The molecule has 1 aromatic carbocycles. The van der Waals surface area contributed by atoms with E-state index in [1.165, 1.54) is 23.9 Å². The van der Waals surface area contributed by atoms with E-state index in [-0.39, 0.29) is 11.4 Å². The summed E-state index contributed by atoms with van der Waals surface area (Å²) in [6, 6.07) is 7.77. The highest BCUT2D eigenvalue weighted by molar-refractivity contribution is 5.94. The monoisotopic (exact) mass is 445 g/mol. The van der Waals surface area contributed by atoms with Crippen molar-refractivity contribution >= 4 is 28.1 Å². The van der Waals surface area contributed by atoms with E-state index in [2.05, 4.69) is 30.2 Å². The molecule has 5 rings (SSSR count). The number of aromatic nitrogens is 6. The molecule has 0 aliphatic rings. The number of rotatable bonds is 6. The van der Waals surface area contributed by atoms with Gasteiger partial charge in [-0.3, -0.25) is 8.97 Å². The van der Waals surface area contributed by atoms with Crippen LogP contribution in [0.4, 0.5) is 5.82 Å². The molecule has 11 nitrogen and oxygen atoms in total. The van der Waals surface area contributed by atoms with Crippen LogP contribution in [0.15, 0.2) is 58.4 Å². The van der Waals surface area contributed by atoms with Gasteiger partial charge >= 0.3 is 11.7 Å². The summed E-state index contributed by atoms with van der Waals surface area (Å²) < 4.78 is 12.7. The Morgan fingerprint density at radius 1 is 1.21 bits per heavy atom. The van der Waals surface area contributed by atoms with E-state index in [1.807, 2.05) is 24.3 Å². The van der Waals surface area contributed by atoms with E-state index < -0.39 is 5.97 Å². The van der Waals surface area contributed by atoms with Crippen molar-refractivity contribution < 1.29 is 14.1 Å². The molecule has 4 heterocycles. The lowest BCUT2D eigenvalue weighted by Gasteiger charge is -2.09. The first-order valence-corrected chi connectivity index (χ1v) is 10.1. The molecule has 0 saturated heterocycles. The van der Waals surface area contributed by atoms with Gasteiger partial charge in [0.15, 0.2) is 5.69 Å². The fourth-order valence-corrected chi connectivity index (χ4v) is 3.57. The summed E-state index contributed by atoms with van der Waals surface area (Å²) in [6.45, 7) is 2.58. The number of ether oxygens (including phenoxy) is 1. The molecule has 0 fully saturated rings. The van der Waals surface area contributed by atoms with E-state index in [0.29, 0.717) is 36.1 Å². The second kappa shape index (κ2) is 8.19. The third-order valence-corrected chi connectivity index (χ3v) is 5.20. The zero-order valence-corrected chi connectivity index (χ0v) is 17.8. The Balaban J connectivity index is 1.38. The molecule has 0 aliphatic carbocycles. The SMILES string of the molecule is COC(=O)c1cn2c(=O)n(CCNc3nccc4ccc(-c5noc(C)n5)cc34)cc2cn1. The Morgan fingerprint density at radius 3 is 2.88 bits per heavy atom. The molecule has 0 aliphatic heterocycles. The molecule has 0 spiro atoms. The molecular weight excluding hydrogens is 426 g/mol. The zero-order chi connectivity index (χ0) is 22.9. The molecule has 0 atom stereocenters. The smallest absolute Gasteiger partial charge is 0.358 e. The molecule has 0 saturated carbocycles. The number of aryl methyl sites for hydroxylation is 1. The fourth-order valence-electron chi connectivity index (χ4n) is 3.57. The van der Waals surface area contributed by atoms with Crippen molar-refractivity contribution in [2.45, 2.75) is 13.5 Å². The standard InChI is InChI=1S/C22H19N7O4/c1-13-26-19(27-33-13)15-4-3-14-5-6-23-20(17(14)9-15)24-7-8-28-11-16-10-25-18(21(30)32-2)12-29(16)22(28)31/h3-6,9-12H,7-8H2,1-2H3,(H,23,24). The maximum absolute atomic E-state index is 12.7. The van der Waals surface area contributed by atoms with Gasteiger partial charge in [-0.15, -0.1) is 0 Å². The van der Waals surface area contributed by atoms with Crippen LogP contribution in [0.1, 0.15) is 16.4 Å². The van der Waals surface area contributed by atoms with Crippen LogP contribution in [0.3, 0.4) is 0 Å². The molecule has 0 unspecified atom stereocenters. The predicted molar refractivity (Wildman–Crippen MR) is 119 cm³/mol. The highest BCUT2D eigenvalue weighted by Gasteiger charge is 2.12. The summed E-state index contributed by atoms with van der Waals surface area (Å²) in [6.07, 6.45) is 6.25. The molecule has 11 heteroatoms. The van der Waals surface area contributed by atoms with Crippen LogP contribution in [0.25, 0.3) is 27.7 Å². The third-order valence-electron chi connectivity index (χ3n) is 5.20. The summed E-state index contributed by atoms with van der Waals surface area (Å²) in [5.41, 5.74) is 1.19. The van der Waals surface area contributed by atoms with Crippen LogP contribution in [0.2, 0.25) is 0 Å². The normalized spacial score (nSPS) is 11.2. The highest BCUT2D eigenvalue weighted by atomic mass is 16.5. The Hall–Kier alpha value is -4.54. The Labute approximate surface area is 186 Å². The molecule has 5 aromatic rings. The number of esters is 1. The maximum Gasteiger partial charge on any atom is 0.358 e. The third kappa shape index (κ3) is 3.80. The minimum absolute atomic E-state index is 0.0653. The minimum atomic E-state index is -0.601. The van der Waals surface area contributed by atoms with Gasteiger partial charge in [0.25, 0.3) is 0 Å². The van der Waals surface area contributed by atoms with Gasteiger partial charge in [0.2, 0.25) is 11.7 Å². The maximum atomic E-state index is 12.7. The summed E-state index contributed by atoms with van der Waals surface area (Å²) in [7, 11) is 1.27. The van der Waals surface area contributed by atoms with Crippen LogP contribution in [0.5, 0.6) is 0 Å². The average molecular weight is 445 g/mol. The van der Waals surface area contributed by atoms with Crippen molar-refractivity contribution in [1.82, 2.24) is 29.1 Å². The van der Waals surface area contributed by atoms with E-state index in [4.69, 9.17) is 4.52 Å². The van der Waals surface area contributed by atoms with Gasteiger partial charge in [-0.2, -0.15) is 4.98 Å². The fraction of sp³-hybridized carbons (Fsp3) is 0.182. The number of anilines is 1. The molecule has 0 amide bonds. The van der Waals surface area contributed by atoms with Crippen molar-refractivity contribution in [2.24, 2.45) is 0 Å². The number of methoxy groups -OCH3 is 1. The number of carbonyl (C=O) groups is 1. The molecule has 33 heavy (non-hydrogen) atoms. The number of hydrogen-bond acceptors (Lipinski definition) is 9. The number of carbonyl (C=O) groups excluding carboxylic acids is 1. The molecule has 0 radical (unpaired) electrons. The van der Waals surface area contributed by atoms with Gasteiger partial charge in [0.1, 0.15) is 5.82 Å². The first-order chi connectivity index (χ1) is 16.0. The number of pyridine rings is 1. The van der Waals surface area contributed by atoms with Crippen LogP contribution in [0, 0.1) is 6.92 Å². The van der Waals surface area contributed by atoms with E-state index in [1.54, 1.807) is 23.9 Å². The van der Waals surface area contributed by atoms with Gasteiger partial charge in [-0.1, -0.05) is 17.3 Å². The summed E-state index contributed by atoms with van der Waals surface area (Å²) in [5.74, 6) is 1.08. The van der Waals surface area contributed by atoms with Gasteiger partial charge in [0, 0.05) is 49.6 Å². The first-order valence-electron chi connectivity index (χ1n) is 10.1. The molecule has 166 valence electrons. The number of fused-ring (bicyclic) bond motifs is 2. The Kier molecular flexibility index (Phi) is 5.05. The van der Waals surface area contributed by atoms with Crippen molar-refractivity contribution in [2.75, 3.05) is 19.0 Å². The lowest BCUT2D eigenvalue weighted by atomic mass is 10.1. The van der Waals surface area contributed by atoms with Gasteiger partial charge in [0.05, 0.1) is 18.8 Å². The average Bonchev–Trinajstić information content (AvgIpc) is 3.41. The second-order valence-electron chi connectivity index (χ2n) is 7.32. The molecule has 1 N–H and O–H groups in total. The minimum Gasteiger partial charge on any atom is -0.464 e. The number of nitrogens with one attached hydrogen (secondary N) is 1. The first kappa shape index (κ1) is 20.4. The van der Waals surface area contributed by atoms with Crippen LogP contribution in [-0.2, 0) is 11.3 Å². The lowest BCUT2D eigenvalue weighted by Crippen LogP contribution is -2.24. The predicted octanol–water partition coefficient (Wildman–Crippen LogP) is 2.30. The molecule has 4 aromatic heterocycles. The largest absolute Gasteiger partial charge is 0.464 e. The number of hydrogen-bond donors (Lipinski definition) is 1. The lowest BCUT2D eigenvalue weighted by molar-refractivity contribution is 0.0593. The van der Waals surface area contributed by atoms with Crippen LogP contribution in [-0.4, -0.2) is 48.7 Å². The number of benzene rings is 1. The number of nitrogens with zero attached hydrogens (tertiary/aromatic N) is 6. The van der Waals surface area contributed by atoms with Crippen molar-refractivity contribution in [3.8, 4) is 11.4 Å². The van der Waals surface area contributed by atoms with Crippen molar-refractivity contribution in [3.63, 3.8) is 0 Å². The quantitative estimate of drug-likeness (QED) is 0.391. The van der Waals surface area contributed by atoms with Gasteiger partial charge in [-0.05, 0) is 17.5 Å².